The van der Waals surface area contributed by atoms with E-state index in [4.69, 9.17) is 0 Å². The molecule has 0 aliphatic rings. The average molecular weight is 795 g/mol. The van der Waals surface area contributed by atoms with Crippen LogP contribution in [-0.2, 0) is 32.9 Å². The molecule has 0 radical (unpaired) electrons. The fourth-order valence-electron chi connectivity index (χ4n) is 6.98. The molecule has 7 rings (SSSR count). The monoisotopic (exact) mass is 794 g/mol. The molecule has 0 aliphatic heterocycles. The maximum atomic E-state index is 13.3. The van der Waals surface area contributed by atoms with Crippen molar-refractivity contribution >= 4 is 53.2 Å². The first-order chi connectivity index (χ1) is 26.8. The number of aromatic nitrogens is 2. The van der Waals surface area contributed by atoms with Crippen molar-refractivity contribution in [3.8, 4) is 5.75 Å². The number of hydrogen-bond acceptors (Lipinski definition) is 9. The second-order valence-electron chi connectivity index (χ2n) is 12.9. The van der Waals surface area contributed by atoms with Gasteiger partial charge in [-0.15, -0.1) is 0 Å². The van der Waals surface area contributed by atoms with E-state index < -0.39 is 35.8 Å². The number of hydrogen-bond donors (Lipinski definition) is 5. The summed E-state index contributed by atoms with van der Waals surface area (Å²) in [6, 6.07) is 31.4. The molecule has 0 amide bonds. The van der Waals surface area contributed by atoms with E-state index in [1.807, 2.05) is 48.5 Å². The lowest BCUT2D eigenvalue weighted by atomic mass is 9.86. The Kier molecular flexibility index (Phi) is 10.4. The predicted octanol–water partition coefficient (Wildman–Crippen LogP) is 6.39. The van der Waals surface area contributed by atoms with Gasteiger partial charge in [0.25, 0.3) is 11.4 Å². The number of phenolic OH excluding ortho intramolecular Hbond substituents is 1. The third-order valence-corrected chi connectivity index (χ3v) is 12.4. The van der Waals surface area contributed by atoms with Gasteiger partial charge in [-0.3, -0.25) is 20.2 Å². The molecular weight excluding hydrogens is 761 g/mol. The zero-order valence-electron chi connectivity index (χ0n) is 29.4. The molecule has 2 aromatic heterocycles. The molecule has 5 N–H and O–H groups in total. The van der Waals surface area contributed by atoms with Gasteiger partial charge in [-0.1, -0.05) is 66.7 Å². The molecule has 286 valence electrons. The zero-order chi connectivity index (χ0) is 39.6. The maximum absolute atomic E-state index is 13.3. The van der Waals surface area contributed by atoms with Crippen molar-refractivity contribution in [3.63, 3.8) is 0 Å². The fourth-order valence-corrected chi connectivity index (χ4v) is 9.12. The average Bonchev–Trinajstić information content (AvgIpc) is 3.73. The van der Waals surface area contributed by atoms with Gasteiger partial charge in [0.2, 0.25) is 20.0 Å². The number of para-hydroxylation sites is 3. The number of rotatable bonds is 15. The highest BCUT2D eigenvalue weighted by Gasteiger charge is 2.30. The molecule has 17 heteroatoms. The van der Waals surface area contributed by atoms with E-state index in [0.717, 1.165) is 45.1 Å². The molecule has 0 saturated heterocycles. The van der Waals surface area contributed by atoms with Crippen LogP contribution in [0.25, 0.3) is 21.8 Å². The van der Waals surface area contributed by atoms with E-state index in [1.165, 1.54) is 36.4 Å². The Morgan fingerprint density at radius 1 is 0.589 bits per heavy atom. The molecular formula is C39H34N6O9S2. The summed E-state index contributed by atoms with van der Waals surface area (Å²) in [7, 11) is -8.28. The summed E-state index contributed by atoms with van der Waals surface area (Å²) >= 11 is 0. The minimum atomic E-state index is -4.14. The van der Waals surface area contributed by atoms with Gasteiger partial charge in [0.15, 0.2) is 0 Å². The molecule has 0 unspecified atom stereocenters. The predicted molar refractivity (Wildman–Crippen MR) is 210 cm³/mol. The summed E-state index contributed by atoms with van der Waals surface area (Å²) in [4.78, 5) is 27.9. The number of fused-ring (bicyclic) bond motifs is 2. The number of nitro benzene ring substituents is 2. The van der Waals surface area contributed by atoms with Gasteiger partial charge in [0.05, 0.1) is 25.6 Å². The second-order valence-corrected chi connectivity index (χ2v) is 16.5. The van der Waals surface area contributed by atoms with E-state index >= 15 is 0 Å². The van der Waals surface area contributed by atoms with Crippen molar-refractivity contribution in [1.29, 1.82) is 0 Å². The highest BCUT2D eigenvalue weighted by Crippen LogP contribution is 2.43. The van der Waals surface area contributed by atoms with Gasteiger partial charge in [-0.25, -0.2) is 26.3 Å². The molecule has 7 aromatic rings. The Hall–Kier alpha value is -6.40. The SMILES string of the molecule is O=[N+]([O-])c1cccc(S(=O)(=O)NCCc2c(C(c3ccccc3O)c3[nH]c4ccccc4c3CCNS(=O)(=O)c3cccc([N+](=O)[O-])c3)[nH]c3ccccc23)c1. The van der Waals surface area contributed by atoms with Gasteiger partial charge in [-0.05, 0) is 54.3 Å². The summed E-state index contributed by atoms with van der Waals surface area (Å²) in [5.74, 6) is -0.716. The summed E-state index contributed by atoms with van der Waals surface area (Å²) in [6.45, 7) is -0.154. The molecule has 2 heterocycles. The summed E-state index contributed by atoms with van der Waals surface area (Å²) in [6.07, 6.45) is 0.354. The van der Waals surface area contributed by atoms with Crippen LogP contribution in [0.2, 0.25) is 0 Å². The van der Waals surface area contributed by atoms with Crippen molar-refractivity contribution < 1.29 is 31.8 Å². The van der Waals surface area contributed by atoms with Crippen LogP contribution >= 0.6 is 0 Å². The number of sulfonamides is 2. The van der Waals surface area contributed by atoms with E-state index in [1.54, 1.807) is 24.3 Å². The van der Waals surface area contributed by atoms with Crippen molar-refractivity contribution in [2.24, 2.45) is 0 Å². The number of nitrogens with zero attached hydrogens (tertiary/aromatic N) is 2. The van der Waals surface area contributed by atoms with E-state index in [2.05, 4.69) is 19.4 Å². The summed E-state index contributed by atoms with van der Waals surface area (Å²) < 4.78 is 58.3. The Morgan fingerprint density at radius 2 is 1.02 bits per heavy atom. The smallest absolute Gasteiger partial charge is 0.270 e. The van der Waals surface area contributed by atoms with Gasteiger partial charge >= 0.3 is 0 Å². The molecule has 0 aliphatic carbocycles. The number of aromatic amines is 2. The minimum absolute atomic E-state index is 0.00976. The van der Waals surface area contributed by atoms with Crippen LogP contribution < -0.4 is 9.44 Å². The minimum Gasteiger partial charge on any atom is -0.508 e. The third kappa shape index (κ3) is 7.60. The summed E-state index contributed by atoms with van der Waals surface area (Å²) in [5, 5.41) is 35.6. The zero-order valence-corrected chi connectivity index (χ0v) is 31.0. The van der Waals surface area contributed by atoms with Crippen molar-refractivity contribution in [2.75, 3.05) is 13.1 Å². The summed E-state index contributed by atoms with van der Waals surface area (Å²) in [5.41, 5.74) is 4.08. The molecule has 15 nitrogen and oxygen atoms in total. The Balaban J connectivity index is 1.29. The number of benzene rings is 5. The molecule has 0 saturated carbocycles. The number of H-pyrrole nitrogens is 2. The number of aromatic hydroxyl groups is 1. The number of nitro groups is 2. The van der Waals surface area contributed by atoms with E-state index in [9.17, 15) is 42.2 Å². The van der Waals surface area contributed by atoms with Crippen LogP contribution in [0.4, 0.5) is 11.4 Å². The molecule has 0 fully saturated rings. The van der Waals surface area contributed by atoms with Crippen LogP contribution in [0.3, 0.4) is 0 Å². The topological polar surface area (TPSA) is 230 Å². The highest BCUT2D eigenvalue weighted by atomic mass is 32.2. The largest absolute Gasteiger partial charge is 0.508 e. The maximum Gasteiger partial charge on any atom is 0.270 e. The molecule has 0 spiro atoms. The lowest BCUT2D eigenvalue weighted by Gasteiger charge is -2.21. The van der Waals surface area contributed by atoms with E-state index in [0.29, 0.717) is 17.0 Å². The highest BCUT2D eigenvalue weighted by molar-refractivity contribution is 7.89. The van der Waals surface area contributed by atoms with Gasteiger partial charge < -0.3 is 15.1 Å². The van der Waals surface area contributed by atoms with Crippen LogP contribution in [0.15, 0.2) is 131 Å². The van der Waals surface area contributed by atoms with E-state index in [-0.39, 0.29) is 52.8 Å². The number of phenols is 1. The lowest BCUT2D eigenvalue weighted by molar-refractivity contribution is -0.385. The van der Waals surface area contributed by atoms with Gasteiger partial charge in [-0.2, -0.15) is 0 Å². The van der Waals surface area contributed by atoms with Crippen molar-refractivity contribution in [3.05, 3.63) is 170 Å². The molecule has 56 heavy (non-hydrogen) atoms. The second kappa shape index (κ2) is 15.4. The van der Waals surface area contributed by atoms with Gasteiger partial charge in [0, 0.05) is 76.1 Å². The first-order valence-corrected chi connectivity index (χ1v) is 20.3. The molecule has 0 bridgehead atoms. The van der Waals surface area contributed by atoms with Crippen LogP contribution in [0, 0.1) is 20.2 Å². The van der Waals surface area contributed by atoms with Crippen LogP contribution in [0.1, 0.15) is 34.0 Å². The third-order valence-electron chi connectivity index (χ3n) is 9.53. The van der Waals surface area contributed by atoms with Crippen molar-refractivity contribution in [2.45, 2.75) is 28.6 Å². The molecule has 5 aromatic carbocycles. The fraction of sp³-hybridized carbons (Fsp3) is 0.128. The lowest BCUT2D eigenvalue weighted by Crippen LogP contribution is -2.27. The first-order valence-electron chi connectivity index (χ1n) is 17.3. The molecule has 0 atom stereocenters. The number of nitrogens with one attached hydrogen (secondary N) is 4. The van der Waals surface area contributed by atoms with Crippen LogP contribution in [0.5, 0.6) is 5.75 Å². The number of non-ortho nitro benzene ring substituents is 2. The Morgan fingerprint density at radius 3 is 1.46 bits per heavy atom. The van der Waals surface area contributed by atoms with Crippen LogP contribution in [-0.4, -0.2) is 54.8 Å². The quantitative estimate of drug-likeness (QED) is 0.0571. The first kappa shape index (κ1) is 37.9. The standard InChI is InChI=1S/C39H34N6O9S2/c46-36-18-6-3-15-33(36)37(38-31(29-13-1-4-16-34(29)42-38)19-21-40-55(51,52)27-11-7-9-25(23-27)44(47)48)39-32(30-14-2-5-17-35(30)43-39)20-22-41-56(53,54)28-12-8-10-26(24-28)45(49)50/h1-18,23-24,37,40-43,46H,19-22H2. The normalized spacial score (nSPS) is 12.1. The van der Waals surface area contributed by atoms with Crippen molar-refractivity contribution in [1.82, 2.24) is 19.4 Å². The Bertz CT molecular complexity index is 2680. The van der Waals surface area contributed by atoms with Gasteiger partial charge in [0.1, 0.15) is 5.75 Å². The Labute approximate surface area is 320 Å².